The molecular weight excluding hydrogens is 338 g/mol. The van der Waals surface area contributed by atoms with Crippen molar-refractivity contribution in [1.82, 2.24) is 15.3 Å². The topological polar surface area (TPSA) is 49.9 Å². The predicted octanol–water partition coefficient (Wildman–Crippen LogP) is 3.89. The first kappa shape index (κ1) is 17.2. The molecule has 3 rings (SSSR count). The van der Waals surface area contributed by atoms with Gasteiger partial charge in [-0.3, -0.25) is 0 Å². The summed E-state index contributed by atoms with van der Waals surface area (Å²) in [6.07, 6.45) is -4.53. The minimum atomic E-state index is -4.53. The number of ether oxygens (including phenoxy) is 1. The van der Waals surface area contributed by atoms with E-state index >= 15 is 0 Å². The van der Waals surface area contributed by atoms with Crippen LogP contribution in [0.1, 0.15) is 11.4 Å². The van der Waals surface area contributed by atoms with Crippen LogP contribution >= 0.6 is 0 Å². The zero-order valence-corrected chi connectivity index (χ0v) is 13.0. The number of para-hydroxylation sites is 1. The zero-order chi connectivity index (χ0) is 17.9. The number of imidazole rings is 1. The first-order valence-corrected chi connectivity index (χ1v) is 7.57. The number of H-pyrrole nitrogens is 1. The van der Waals surface area contributed by atoms with Gasteiger partial charge < -0.3 is 15.0 Å². The van der Waals surface area contributed by atoms with Crippen LogP contribution in [0.25, 0.3) is 11.0 Å². The summed E-state index contributed by atoms with van der Waals surface area (Å²) in [5.74, 6) is -1.06. The highest BCUT2D eigenvalue weighted by molar-refractivity contribution is 5.81. The fraction of sp³-hybridized carbons (Fsp3) is 0.235. The second kappa shape index (κ2) is 7.10. The Labute approximate surface area is 140 Å². The molecule has 0 fully saturated rings. The van der Waals surface area contributed by atoms with E-state index in [1.165, 1.54) is 18.2 Å². The number of nitrogens with zero attached hydrogens (tertiary/aromatic N) is 1. The van der Waals surface area contributed by atoms with Gasteiger partial charge in [0, 0.05) is 13.1 Å². The van der Waals surface area contributed by atoms with Crippen molar-refractivity contribution in [3.8, 4) is 5.75 Å². The number of halogens is 4. The summed E-state index contributed by atoms with van der Waals surface area (Å²) < 4.78 is 56.5. The van der Waals surface area contributed by atoms with E-state index in [0.717, 1.165) is 5.56 Å². The lowest BCUT2D eigenvalue weighted by atomic mass is 10.2. The van der Waals surface area contributed by atoms with Gasteiger partial charge in [-0.2, -0.15) is 13.2 Å². The molecule has 0 unspecified atom stereocenters. The monoisotopic (exact) mass is 353 g/mol. The van der Waals surface area contributed by atoms with Crippen LogP contribution < -0.4 is 10.1 Å². The number of rotatable bonds is 6. The number of benzene rings is 2. The van der Waals surface area contributed by atoms with Crippen LogP contribution in [0.15, 0.2) is 42.5 Å². The van der Waals surface area contributed by atoms with Crippen molar-refractivity contribution >= 4 is 11.0 Å². The Kier molecular flexibility index (Phi) is 4.89. The van der Waals surface area contributed by atoms with Crippen molar-refractivity contribution in [2.75, 3.05) is 13.2 Å². The van der Waals surface area contributed by atoms with Crippen molar-refractivity contribution in [3.63, 3.8) is 0 Å². The Morgan fingerprint density at radius 1 is 1.08 bits per heavy atom. The van der Waals surface area contributed by atoms with Crippen LogP contribution in [0.5, 0.6) is 5.75 Å². The van der Waals surface area contributed by atoms with E-state index in [-0.39, 0.29) is 29.2 Å². The van der Waals surface area contributed by atoms with Crippen LogP contribution in [-0.2, 0) is 12.7 Å². The molecule has 0 saturated heterocycles. The highest BCUT2D eigenvalue weighted by Gasteiger charge is 2.35. The molecular formula is C17H15F4N3O. The number of alkyl halides is 3. The molecule has 3 aromatic rings. The molecule has 0 aliphatic carbocycles. The van der Waals surface area contributed by atoms with Crippen LogP contribution in [0.2, 0.25) is 0 Å². The van der Waals surface area contributed by atoms with Crippen LogP contribution in [-0.4, -0.2) is 23.1 Å². The van der Waals surface area contributed by atoms with Crippen molar-refractivity contribution in [2.24, 2.45) is 0 Å². The minimum absolute atomic E-state index is 0.147. The molecule has 2 aromatic carbocycles. The second-order valence-corrected chi connectivity index (χ2v) is 5.39. The molecule has 0 atom stereocenters. The van der Waals surface area contributed by atoms with E-state index in [1.807, 2.05) is 0 Å². The summed E-state index contributed by atoms with van der Waals surface area (Å²) in [7, 11) is 0. The van der Waals surface area contributed by atoms with Crippen molar-refractivity contribution in [2.45, 2.75) is 12.7 Å². The maximum Gasteiger partial charge on any atom is 0.449 e. The van der Waals surface area contributed by atoms with Gasteiger partial charge in [-0.05, 0) is 29.8 Å². The molecule has 8 heteroatoms. The van der Waals surface area contributed by atoms with Gasteiger partial charge in [-0.25, -0.2) is 9.37 Å². The molecule has 0 saturated carbocycles. The second-order valence-electron chi connectivity index (χ2n) is 5.39. The molecule has 1 aromatic heterocycles. The van der Waals surface area contributed by atoms with Gasteiger partial charge >= 0.3 is 6.18 Å². The van der Waals surface area contributed by atoms with Gasteiger partial charge in [0.15, 0.2) is 0 Å². The Morgan fingerprint density at radius 3 is 2.56 bits per heavy atom. The van der Waals surface area contributed by atoms with Crippen LogP contribution in [0.4, 0.5) is 17.6 Å². The highest BCUT2D eigenvalue weighted by atomic mass is 19.4. The third-order valence-corrected chi connectivity index (χ3v) is 3.52. The van der Waals surface area contributed by atoms with Gasteiger partial charge in [-0.15, -0.1) is 0 Å². The molecule has 0 amide bonds. The summed E-state index contributed by atoms with van der Waals surface area (Å²) in [6, 6.07) is 10.8. The lowest BCUT2D eigenvalue weighted by Crippen LogP contribution is -2.20. The lowest BCUT2D eigenvalue weighted by molar-refractivity contribution is -0.144. The number of aromatic amines is 1. The molecule has 1 heterocycles. The number of aromatic nitrogens is 2. The van der Waals surface area contributed by atoms with E-state index in [1.54, 1.807) is 24.3 Å². The Hall–Kier alpha value is -2.61. The molecule has 0 radical (unpaired) electrons. The summed E-state index contributed by atoms with van der Waals surface area (Å²) in [5, 5.41) is 3.11. The van der Waals surface area contributed by atoms with Crippen molar-refractivity contribution in [1.29, 1.82) is 0 Å². The average molecular weight is 353 g/mol. The van der Waals surface area contributed by atoms with Gasteiger partial charge in [0.25, 0.3) is 0 Å². The van der Waals surface area contributed by atoms with Gasteiger partial charge in [0.05, 0.1) is 5.52 Å². The number of nitrogens with one attached hydrogen (secondary N) is 2. The first-order valence-electron chi connectivity index (χ1n) is 7.57. The summed E-state index contributed by atoms with van der Waals surface area (Å²) in [5.41, 5.74) is 1.34. The third-order valence-electron chi connectivity index (χ3n) is 3.52. The van der Waals surface area contributed by atoms with Gasteiger partial charge in [0.2, 0.25) is 5.82 Å². The fourth-order valence-electron chi connectivity index (χ4n) is 2.32. The van der Waals surface area contributed by atoms with E-state index in [0.29, 0.717) is 13.1 Å². The van der Waals surface area contributed by atoms with Crippen molar-refractivity contribution in [3.05, 3.63) is 59.7 Å². The first-order chi connectivity index (χ1) is 11.9. The van der Waals surface area contributed by atoms with Crippen LogP contribution in [0, 0.1) is 5.82 Å². The predicted molar refractivity (Wildman–Crippen MR) is 84.7 cm³/mol. The maximum atomic E-state index is 12.8. The summed E-state index contributed by atoms with van der Waals surface area (Å²) >= 11 is 0. The molecule has 0 bridgehead atoms. The average Bonchev–Trinajstić information content (AvgIpc) is 3.01. The standard InChI is InChI=1S/C17H15F4N3O/c18-12-6-4-11(5-7-12)10-22-8-9-25-14-3-1-2-13-15(14)24-16(23-13)17(19,20)21/h1-7,22H,8-10H2,(H,23,24). The molecule has 25 heavy (non-hydrogen) atoms. The minimum Gasteiger partial charge on any atom is -0.490 e. The normalized spacial score (nSPS) is 11.8. The number of hydrogen-bond acceptors (Lipinski definition) is 3. The molecule has 132 valence electrons. The summed E-state index contributed by atoms with van der Waals surface area (Å²) in [6.45, 7) is 1.27. The molecule has 2 N–H and O–H groups in total. The molecule has 0 aliphatic heterocycles. The maximum absolute atomic E-state index is 12.8. The smallest absolute Gasteiger partial charge is 0.449 e. The quantitative estimate of drug-likeness (QED) is 0.522. The van der Waals surface area contributed by atoms with E-state index < -0.39 is 12.0 Å². The van der Waals surface area contributed by atoms with Gasteiger partial charge in [-0.1, -0.05) is 18.2 Å². The fourth-order valence-corrected chi connectivity index (χ4v) is 2.32. The Morgan fingerprint density at radius 2 is 1.84 bits per heavy atom. The molecule has 0 spiro atoms. The van der Waals surface area contributed by atoms with Crippen LogP contribution in [0.3, 0.4) is 0 Å². The molecule has 4 nitrogen and oxygen atoms in total. The Balaban J connectivity index is 1.56. The third kappa shape index (κ3) is 4.27. The van der Waals surface area contributed by atoms with Gasteiger partial charge in [0.1, 0.15) is 23.7 Å². The van der Waals surface area contributed by atoms with E-state index in [9.17, 15) is 17.6 Å². The number of hydrogen-bond donors (Lipinski definition) is 2. The van der Waals surface area contributed by atoms with E-state index in [4.69, 9.17) is 4.74 Å². The van der Waals surface area contributed by atoms with Crippen molar-refractivity contribution < 1.29 is 22.3 Å². The Bertz CT molecular complexity index is 843. The highest BCUT2D eigenvalue weighted by Crippen LogP contribution is 2.31. The van der Waals surface area contributed by atoms with E-state index in [2.05, 4.69) is 15.3 Å². The molecule has 0 aliphatic rings. The largest absolute Gasteiger partial charge is 0.490 e. The number of fused-ring (bicyclic) bond motifs is 1. The SMILES string of the molecule is Fc1ccc(CNCCOc2cccc3[nH]c(C(F)(F)F)nc23)cc1. The lowest BCUT2D eigenvalue weighted by Gasteiger charge is -2.08. The summed E-state index contributed by atoms with van der Waals surface area (Å²) in [4.78, 5) is 5.82. The zero-order valence-electron chi connectivity index (χ0n) is 13.0.